The zero-order valence-corrected chi connectivity index (χ0v) is 17.2. The van der Waals surface area contributed by atoms with E-state index in [4.69, 9.17) is 4.98 Å². The van der Waals surface area contributed by atoms with Crippen LogP contribution in [0.25, 0.3) is 5.65 Å². The second kappa shape index (κ2) is 7.64. The van der Waals surface area contributed by atoms with Gasteiger partial charge in [-0.05, 0) is 51.3 Å². The molecular formula is C21H25FN6O2. The van der Waals surface area contributed by atoms with E-state index in [1.54, 1.807) is 23.0 Å². The standard InChI is InChI=1S/C21H25FN6O2/c1-13(2)25-20(30)16-11-24-27-7-5-18(26-19(16)27)28-17(4-6-21(28,3)12-29)14-8-15(22)10-23-9-14/h5,7-11,13,17,29H,4,6,12H2,1-3H3,(H,25,30). The average molecular weight is 412 g/mol. The predicted molar refractivity (Wildman–Crippen MR) is 110 cm³/mol. The second-order valence-electron chi connectivity index (χ2n) is 8.26. The van der Waals surface area contributed by atoms with Crippen LogP contribution in [-0.2, 0) is 0 Å². The van der Waals surface area contributed by atoms with Gasteiger partial charge in [0, 0.05) is 18.4 Å². The molecule has 2 unspecified atom stereocenters. The minimum atomic E-state index is -0.581. The number of hydrogen-bond donors (Lipinski definition) is 2. The minimum Gasteiger partial charge on any atom is -0.394 e. The molecule has 1 aliphatic heterocycles. The van der Waals surface area contributed by atoms with E-state index in [0.29, 0.717) is 23.4 Å². The van der Waals surface area contributed by atoms with Crippen molar-refractivity contribution in [3.05, 3.63) is 53.9 Å². The Kier molecular flexibility index (Phi) is 5.15. The Morgan fingerprint density at radius 3 is 2.90 bits per heavy atom. The lowest BCUT2D eigenvalue weighted by atomic mass is 10.0. The number of carbonyl (C=O) groups is 1. The largest absolute Gasteiger partial charge is 0.394 e. The van der Waals surface area contributed by atoms with Gasteiger partial charge in [0.1, 0.15) is 17.2 Å². The van der Waals surface area contributed by atoms with E-state index in [0.717, 1.165) is 12.0 Å². The third-order valence-electron chi connectivity index (χ3n) is 5.57. The lowest BCUT2D eigenvalue weighted by molar-refractivity contribution is 0.0944. The Hall–Kier alpha value is -3.07. The molecule has 30 heavy (non-hydrogen) atoms. The van der Waals surface area contributed by atoms with Crippen LogP contribution in [-0.4, -0.2) is 48.8 Å². The molecule has 3 aromatic rings. The number of pyridine rings is 1. The number of rotatable bonds is 5. The molecule has 0 radical (unpaired) electrons. The van der Waals surface area contributed by atoms with E-state index in [2.05, 4.69) is 15.4 Å². The number of hydrogen-bond acceptors (Lipinski definition) is 6. The maximum Gasteiger partial charge on any atom is 0.256 e. The van der Waals surface area contributed by atoms with Gasteiger partial charge in [0.25, 0.3) is 5.91 Å². The summed E-state index contributed by atoms with van der Waals surface area (Å²) in [4.78, 5) is 23.3. The quantitative estimate of drug-likeness (QED) is 0.669. The third-order valence-corrected chi connectivity index (χ3v) is 5.57. The monoisotopic (exact) mass is 412 g/mol. The molecule has 4 rings (SSSR count). The highest BCUT2D eigenvalue weighted by molar-refractivity contribution is 5.99. The molecule has 0 bridgehead atoms. The minimum absolute atomic E-state index is 0.0169. The lowest BCUT2D eigenvalue weighted by Crippen LogP contribution is -2.46. The highest BCUT2D eigenvalue weighted by Gasteiger charge is 2.44. The number of fused-ring (bicyclic) bond motifs is 1. The maximum atomic E-state index is 13.8. The van der Waals surface area contributed by atoms with Crippen molar-refractivity contribution in [3.63, 3.8) is 0 Å². The molecule has 1 saturated heterocycles. The van der Waals surface area contributed by atoms with Gasteiger partial charge in [-0.1, -0.05) is 0 Å². The molecule has 8 nitrogen and oxygen atoms in total. The molecule has 2 N–H and O–H groups in total. The number of carbonyl (C=O) groups excluding carboxylic acids is 1. The van der Waals surface area contributed by atoms with E-state index in [-0.39, 0.29) is 24.6 Å². The molecule has 1 amide bonds. The van der Waals surface area contributed by atoms with Crippen molar-refractivity contribution in [3.8, 4) is 0 Å². The first-order valence-electron chi connectivity index (χ1n) is 9.98. The van der Waals surface area contributed by atoms with Gasteiger partial charge in [-0.2, -0.15) is 5.10 Å². The summed E-state index contributed by atoms with van der Waals surface area (Å²) in [6, 6.07) is 3.04. The van der Waals surface area contributed by atoms with E-state index in [1.165, 1.54) is 18.5 Å². The maximum absolute atomic E-state index is 13.8. The van der Waals surface area contributed by atoms with Crippen LogP contribution in [0.4, 0.5) is 10.2 Å². The normalized spacial score (nSPS) is 21.5. The summed E-state index contributed by atoms with van der Waals surface area (Å²) in [5.41, 5.74) is 0.941. The van der Waals surface area contributed by atoms with Gasteiger partial charge in [-0.15, -0.1) is 0 Å². The van der Waals surface area contributed by atoms with Crippen LogP contribution in [0.1, 0.15) is 55.6 Å². The Labute approximate surface area is 173 Å². The lowest BCUT2D eigenvalue weighted by Gasteiger charge is -2.38. The Bertz CT molecular complexity index is 1080. The summed E-state index contributed by atoms with van der Waals surface area (Å²) >= 11 is 0. The fraction of sp³-hybridized carbons (Fsp3) is 0.429. The number of nitrogens with one attached hydrogen (secondary N) is 1. The molecule has 1 aliphatic rings. The first-order valence-corrected chi connectivity index (χ1v) is 9.98. The van der Waals surface area contributed by atoms with Crippen molar-refractivity contribution in [2.24, 2.45) is 0 Å². The summed E-state index contributed by atoms with van der Waals surface area (Å²) in [5, 5.41) is 17.2. The van der Waals surface area contributed by atoms with Crippen molar-refractivity contribution >= 4 is 17.4 Å². The summed E-state index contributed by atoms with van der Waals surface area (Å²) in [6.07, 6.45) is 7.47. The topological polar surface area (TPSA) is 95.7 Å². The average Bonchev–Trinajstić information content (AvgIpc) is 3.28. The number of amides is 1. The van der Waals surface area contributed by atoms with E-state index >= 15 is 0 Å². The van der Waals surface area contributed by atoms with Gasteiger partial charge in [-0.25, -0.2) is 13.9 Å². The first kappa shape index (κ1) is 20.2. The van der Waals surface area contributed by atoms with Gasteiger partial charge >= 0.3 is 0 Å². The zero-order valence-electron chi connectivity index (χ0n) is 17.2. The molecule has 2 atom stereocenters. The number of aliphatic hydroxyl groups excluding tert-OH is 1. The van der Waals surface area contributed by atoms with Crippen molar-refractivity contribution in [2.75, 3.05) is 11.5 Å². The number of anilines is 1. The second-order valence-corrected chi connectivity index (χ2v) is 8.26. The number of aliphatic hydroxyl groups is 1. The van der Waals surface area contributed by atoms with Gasteiger partial charge in [0.15, 0.2) is 5.65 Å². The van der Waals surface area contributed by atoms with Crippen LogP contribution < -0.4 is 10.2 Å². The molecular weight excluding hydrogens is 387 g/mol. The smallest absolute Gasteiger partial charge is 0.256 e. The molecule has 0 saturated carbocycles. The molecule has 4 heterocycles. The molecule has 3 aromatic heterocycles. The zero-order chi connectivity index (χ0) is 21.5. The van der Waals surface area contributed by atoms with Gasteiger partial charge in [0.2, 0.25) is 0 Å². The van der Waals surface area contributed by atoms with Gasteiger partial charge < -0.3 is 15.3 Å². The highest BCUT2D eigenvalue weighted by atomic mass is 19.1. The number of nitrogens with zero attached hydrogens (tertiary/aromatic N) is 5. The van der Waals surface area contributed by atoms with E-state index in [9.17, 15) is 14.3 Å². The summed E-state index contributed by atoms with van der Waals surface area (Å²) in [7, 11) is 0. The molecule has 0 spiro atoms. The molecule has 1 fully saturated rings. The first-order chi connectivity index (χ1) is 14.3. The van der Waals surface area contributed by atoms with Crippen molar-refractivity contribution < 1.29 is 14.3 Å². The van der Waals surface area contributed by atoms with Gasteiger partial charge in [-0.3, -0.25) is 9.78 Å². The van der Waals surface area contributed by atoms with E-state index in [1.807, 2.05) is 25.7 Å². The van der Waals surface area contributed by atoms with Crippen molar-refractivity contribution in [2.45, 2.75) is 51.2 Å². The number of halogens is 1. The van der Waals surface area contributed by atoms with Crippen molar-refractivity contribution in [1.29, 1.82) is 0 Å². The summed E-state index contributed by atoms with van der Waals surface area (Å²) < 4.78 is 15.4. The fourth-order valence-electron chi connectivity index (χ4n) is 4.08. The van der Waals surface area contributed by atoms with E-state index < -0.39 is 11.4 Å². The predicted octanol–water partition coefficient (Wildman–Crippen LogP) is 2.49. The van der Waals surface area contributed by atoms with Crippen LogP contribution in [0.2, 0.25) is 0 Å². The molecule has 0 aliphatic carbocycles. The Morgan fingerprint density at radius 1 is 1.40 bits per heavy atom. The van der Waals surface area contributed by atoms with Crippen LogP contribution in [0, 0.1) is 5.82 Å². The molecule has 158 valence electrons. The summed E-state index contributed by atoms with van der Waals surface area (Å²) in [6.45, 7) is 5.64. The van der Waals surface area contributed by atoms with Crippen LogP contribution in [0.15, 0.2) is 36.9 Å². The fourth-order valence-corrected chi connectivity index (χ4v) is 4.08. The van der Waals surface area contributed by atoms with Crippen LogP contribution in [0.5, 0.6) is 0 Å². The Morgan fingerprint density at radius 2 is 2.20 bits per heavy atom. The highest BCUT2D eigenvalue weighted by Crippen LogP contribution is 2.44. The number of aromatic nitrogens is 4. The van der Waals surface area contributed by atoms with Crippen LogP contribution in [0.3, 0.4) is 0 Å². The Balaban J connectivity index is 1.80. The third kappa shape index (κ3) is 3.49. The van der Waals surface area contributed by atoms with Crippen molar-refractivity contribution in [1.82, 2.24) is 24.9 Å². The summed E-state index contributed by atoms with van der Waals surface area (Å²) in [5.74, 6) is -0.0660. The van der Waals surface area contributed by atoms with Gasteiger partial charge in [0.05, 0.1) is 30.6 Å². The van der Waals surface area contributed by atoms with Crippen LogP contribution >= 0.6 is 0 Å². The molecule has 9 heteroatoms. The molecule has 0 aromatic carbocycles. The SMILES string of the molecule is CC(C)NC(=O)c1cnn2ccc(N3C(c4cncc(F)c4)CCC3(C)CO)nc12.